The molecule has 0 aromatic heterocycles. The fourth-order valence-corrected chi connectivity index (χ4v) is 4.12. The minimum absolute atomic E-state index is 0.105. The van der Waals surface area contributed by atoms with E-state index < -0.39 is 21.3 Å². The number of sulfonamides is 1. The first-order valence-electron chi connectivity index (χ1n) is 3.40. The molecule has 1 unspecified atom stereocenters. The SMILES string of the molecule is O=S(O)NS(=O)(=O)c1cc(Br)cc(Br)c1. The number of halogens is 2. The van der Waals surface area contributed by atoms with Gasteiger partial charge >= 0.3 is 0 Å². The van der Waals surface area contributed by atoms with Crippen molar-refractivity contribution in [1.82, 2.24) is 4.13 Å². The molecule has 0 saturated heterocycles. The van der Waals surface area contributed by atoms with E-state index in [0.717, 1.165) is 0 Å². The lowest BCUT2D eigenvalue weighted by Crippen LogP contribution is -2.25. The summed E-state index contributed by atoms with van der Waals surface area (Å²) in [6.07, 6.45) is 0. The van der Waals surface area contributed by atoms with E-state index in [1.807, 2.05) is 0 Å². The summed E-state index contributed by atoms with van der Waals surface area (Å²) in [4.78, 5) is -0.105. The van der Waals surface area contributed by atoms with E-state index in [4.69, 9.17) is 4.55 Å². The Morgan fingerprint density at radius 3 is 2.07 bits per heavy atom. The van der Waals surface area contributed by atoms with Crippen molar-refractivity contribution in [3.05, 3.63) is 27.1 Å². The highest BCUT2D eigenvalue weighted by atomic mass is 79.9. The molecular weight excluding hydrogens is 374 g/mol. The van der Waals surface area contributed by atoms with Crippen molar-refractivity contribution >= 4 is 53.1 Å². The summed E-state index contributed by atoms with van der Waals surface area (Å²) < 4.78 is 44.3. The van der Waals surface area contributed by atoms with Gasteiger partial charge in [-0.05, 0) is 18.2 Å². The normalized spacial score (nSPS) is 13.8. The van der Waals surface area contributed by atoms with Crippen LogP contribution in [-0.4, -0.2) is 17.2 Å². The molecule has 84 valence electrons. The average Bonchev–Trinajstić information content (AvgIpc) is 1.99. The van der Waals surface area contributed by atoms with Crippen molar-refractivity contribution in [3.63, 3.8) is 0 Å². The number of hydrogen-bond acceptors (Lipinski definition) is 3. The quantitative estimate of drug-likeness (QED) is 0.783. The van der Waals surface area contributed by atoms with Crippen LogP contribution in [0.3, 0.4) is 0 Å². The Hall–Kier alpha value is 0.200. The molecular formula is C6H5Br2NO4S2. The highest BCUT2D eigenvalue weighted by Gasteiger charge is 2.17. The first kappa shape index (κ1) is 13.3. The molecule has 0 aliphatic rings. The van der Waals surface area contributed by atoms with Gasteiger partial charge in [0.15, 0.2) is 0 Å². The minimum Gasteiger partial charge on any atom is -0.293 e. The maximum atomic E-state index is 11.4. The molecule has 0 radical (unpaired) electrons. The fourth-order valence-electron chi connectivity index (χ4n) is 0.826. The van der Waals surface area contributed by atoms with Crippen LogP contribution >= 0.6 is 31.9 Å². The highest BCUT2D eigenvalue weighted by Crippen LogP contribution is 2.22. The van der Waals surface area contributed by atoms with Gasteiger partial charge < -0.3 is 0 Å². The van der Waals surface area contributed by atoms with Crippen LogP contribution in [0.2, 0.25) is 0 Å². The van der Waals surface area contributed by atoms with E-state index in [1.165, 1.54) is 12.1 Å². The van der Waals surface area contributed by atoms with Gasteiger partial charge in [0, 0.05) is 8.95 Å². The lowest BCUT2D eigenvalue weighted by molar-refractivity contribution is 0.553. The smallest absolute Gasteiger partial charge is 0.253 e. The molecule has 0 aliphatic carbocycles. The van der Waals surface area contributed by atoms with E-state index in [9.17, 15) is 12.6 Å². The Balaban J connectivity index is 3.21. The minimum atomic E-state index is -3.96. The van der Waals surface area contributed by atoms with Gasteiger partial charge in [0.25, 0.3) is 10.0 Å². The number of rotatable bonds is 3. The van der Waals surface area contributed by atoms with Crippen LogP contribution in [0, 0.1) is 0 Å². The Bertz CT molecular complexity index is 482. The largest absolute Gasteiger partial charge is 0.293 e. The van der Waals surface area contributed by atoms with Crippen LogP contribution in [0.25, 0.3) is 0 Å². The maximum absolute atomic E-state index is 11.4. The molecule has 0 spiro atoms. The van der Waals surface area contributed by atoms with Gasteiger partial charge in [0.1, 0.15) is 0 Å². The first-order chi connectivity index (χ1) is 6.81. The molecule has 1 aromatic carbocycles. The molecule has 0 fully saturated rings. The zero-order valence-electron chi connectivity index (χ0n) is 6.98. The van der Waals surface area contributed by atoms with Crippen molar-refractivity contribution in [1.29, 1.82) is 0 Å². The van der Waals surface area contributed by atoms with Crippen LogP contribution in [-0.2, 0) is 21.3 Å². The monoisotopic (exact) mass is 377 g/mol. The number of hydrogen-bond donors (Lipinski definition) is 2. The molecule has 0 heterocycles. The predicted molar refractivity (Wildman–Crippen MR) is 62.9 cm³/mol. The molecule has 1 rings (SSSR count). The molecule has 1 aromatic rings. The summed E-state index contributed by atoms with van der Waals surface area (Å²) in [6, 6.07) is 4.29. The number of benzene rings is 1. The second kappa shape index (κ2) is 5.02. The van der Waals surface area contributed by atoms with Gasteiger partial charge in [-0.15, -0.1) is 4.13 Å². The molecule has 0 amide bonds. The Morgan fingerprint density at radius 1 is 1.20 bits per heavy atom. The summed E-state index contributed by atoms with van der Waals surface area (Å²) in [5.41, 5.74) is 0. The van der Waals surface area contributed by atoms with Crippen LogP contribution in [0.15, 0.2) is 32.0 Å². The van der Waals surface area contributed by atoms with Crippen molar-refractivity contribution in [2.45, 2.75) is 4.90 Å². The summed E-state index contributed by atoms with van der Waals surface area (Å²) in [6.45, 7) is 0. The van der Waals surface area contributed by atoms with Gasteiger partial charge in [0.05, 0.1) is 4.90 Å². The summed E-state index contributed by atoms with van der Waals surface area (Å²) in [7, 11) is -3.96. The molecule has 0 aliphatic heterocycles. The average molecular weight is 379 g/mol. The molecule has 9 heteroatoms. The topological polar surface area (TPSA) is 83.5 Å². The molecule has 15 heavy (non-hydrogen) atoms. The third-order valence-electron chi connectivity index (χ3n) is 1.33. The van der Waals surface area contributed by atoms with Gasteiger partial charge in [-0.2, -0.15) is 0 Å². The molecule has 5 nitrogen and oxygen atoms in total. The summed E-state index contributed by atoms with van der Waals surface area (Å²) in [5, 5.41) is 0. The Morgan fingerprint density at radius 2 is 1.67 bits per heavy atom. The van der Waals surface area contributed by atoms with Crippen molar-refractivity contribution < 1.29 is 17.2 Å². The summed E-state index contributed by atoms with van der Waals surface area (Å²) >= 11 is 3.60. The van der Waals surface area contributed by atoms with Crippen LogP contribution < -0.4 is 4.13 Å². The highest BCUT2D eigenvalue weighted by molar-refractivity contribution is 9.11. The van der Waals surface area contributed by atoms with Gasteiger partial charge in [-0.1, -0.05) is 31.9 Å². The second-order valence-electron chi connectivity index (χ2n) is 2.44. The van der Waals surface area contributed by atoms with Gasteiger partial charge in [-0.3, -0.25) is 4.55 Å². The second-order valence-corrected chi connectivity index (χ2v) is 6.92. The lowest BCUT2D eigenvalue weighted by Gasteiger charge is -2.04. The fraction of sp³-hybridized carbons (Fsp3) is 0. The molecule has 1 atom stereocenters. The standard InChI is InChI=1S/C6H5Br2NO4S2/c7-4-1-5(8)3-6(2-4)15(12,13)9-14(10)11/h1-3,9H,(H,10,11). The first-order valence-corrected chi connectivity index (χ1v) is 7.58. The third-order valence-corrected chi connectivity index (χ3v) is 4.55. The van der Waals surface area contributed by atoms with Crippen molar-refractivity contribution in [3.8, 4) is 0 Å². The van der Waals surface area contributed by atoms with Crippen LogP contribution in [0.1, 0.15) is 0 Å². The van der Waals surface area contributed by atoms with Crippen LogP contribution in [0.4, 0.5) is 0 Å². The predicted octanol–water partition coefficient (Wildman–Crippen LogP) is 1.63. The van der Waals surface area contributed by atoms with E-state index in [2.05, 4.69) is 31.9 Å². The number of nitrogens with one attached hydrogen (secondary N) is 1. The Labute approximate surface area is 106 Å². The zero-order valence-corrected chi connectivity index (χ0v) is 11.8. The zero-order chi connectivity index (χ0) is 11.6. The Kier molecular flexibility index (Phi) is 4.44. The van der Waals surface area contributed by atoms with E-state index in [1.54, 1.807) is 10.2 Å². The van der Waals surface area contributed by atoms with E-state index in [-0.39, 0.29) is 4.90 Å². The molecule has 0 bridgehead atoms. The van der Waals surface area contributed by atoms with Gasteiger partial charge in [0.2, 0.25) is 11.3 Å². The molecule has 0 saturated carbocycles. The summed E-state index contributed by atoms with van der Waals surface area (Å²) in [5.74, 6) is 0. The lowest BCUT2D eigenvalue weighted by atomic mass is 10.4. The van der Waals surface area contributed by atoms with Crippen molar-refractivity contribution in [2.75, 3.05) is 0 Å². The van der Waals surface area contributed by atoms with Crippen molar-refractivity contribution in [2.24, 2.45) is 0 Å². The maximum Gasteiger partial charge on any atom is 0.253 e. The van der Waals surface area contributed by atoms with Crippen LogP contribution in [0.5, 0.6) is 0 Å². The third kappa shape index (κ3) is 3.93. The van der Waals surface area contributed by atoms with E-state index in [0.29, 0.717) is 8.95 Å². The van der Waals surface area contributed by atoms with Gasteiger partial charge in [-0.25, -0.2) is 12.6 Å². The molecule has 2 N–H and O–H groups in total. The van der Waals surface area contributed by atoms with E-state index >= 15 is 0 Å².